The molecule has 0 saturated carbocycles. The van der Waals surface area contributed by atoms with E-state index in [1.807, 2.05) is 35.1 Å². The standard InChI is InChI=1S/C36H40N6O/c1-23(2)27-15-31(24(3)4)36(32(16-27)25(5)6)26-11-12-37-35(17-26)42-34-19-30(20-38-33(34)21-39-42)43-29-10-8-9-28(18-29)41-14-13-40(7)22-41/h8-21,23-25H,22H2,1-7H3. The molecule has 1 aliphatic rings. The Hall–Kier alpha value is -4.65. The van der Waals surface area contributed by atoms with Crippen molar-refractivity contribution in [3.05, 3.63) is 102 Å². The van der Waals surface area contributed by atoms with Crippen molar-refractivity contribution >= 4 is 16.7 Å². The van der Waals surface area contributed by atoms with Gasteiger partial charge in [-0.1, -0.05) is 59.7 Å². The lowest BCUT2D eigenvalue weighted by Gasteiger charge is -2.23. The van der Waals surface area contributed by atoms with Crippen LogP contribution in [0.25, 0.3) is 28.0 Å². The number of benzene rings is 2. The van der Waals surface area contributed by atoms with E-state index in [-0.39, 0.29) is 0 Å². The molecule has 6 rings (SSSR count). The van der Waals surface area contributed by atoms with Crippen LogP contribution < -0.4 is 9.64 Å². The number of fused-ring (bicyclic) bond motifs is 1. The number of pyridine rings is 2. The van der Waals surface area contributed by atoms with Crippen molar-refractivity contribution in [3.8, 4) is 28.4 Å². The largest absolute Gasteiger partial charge is 0.456 e. The Morgan fingerprint density at radius 3 is 2.21 bits per heavy atom. The zero-order valence-electron chi connectivity index (χ0n) is 26.1. The second kappa shape index (κ2) is 11.6. The highest BCUT2D eigenvalue weighted by Crippen LogP contribution is 2.39. The summed E-state index contributed by atoms with van der Waals surface area (Å²) >= 11 is 0. The maximum absolute atomic E-state index is 6.29. The third-order valence-electron chi connectivity index (χ3n) is 8.04. The summed E-state index contributed by atoms with van der Waals surface area (Å²) in [6.45, 7) is 14.4. The van der Waals surface area contributed by atoms with Gasteiger partial charge >= 0.3 is 0 Å². The molecule has 0 spiro atoms. The number of hydrogen-bond acceptors (Lipinski definition) is 6. The minimum atomic E-state index is 0.387. The lowest BCUT2D eigenvalue weighted by Crippen LogP contribution is -2.21. The highest BCUT2D eigenvalue weighted by atomic mass is 16.5. The fraction of sp³-hybridized carbons (Fsp3) is 0.306. The molecule has 0 aliphatic carbocycles. The van der Waals surface area contributed by atoms with Gasteiger partial charge in [0.15, 0.2) is 5.82 Å². The Morgan fingerprint density at radius 2 is 1.53 bits per heavy atom. The molecule has 4 heterocycles. The van der Waals surface area contributed by atoms with E-state index >= 15 is 0 Å². The molecule has 0 N–H and O–H groups in total. The minimum Gasteiger partial charge on any atom is -0.456 e. The van der Waals surface area contributed by atoms with Crippen molar-refractivity contribution in [2.24, 2.45) is 0 Å². The normalized spacial score (nSPS) is 13.3. The molecular weight excluding hydrogens is 532 g/mol. The molecule has 7 heteroatoms. The quantitative estimate of drug-likeness (QED) is 0.185. The molecule has 3 aromatic heterocycles. The van der Waals surface area contributed by atoms with Crippen molar-refractivity contribution in [1.82, 2.24) is 24.6 Å². The molecule has 2 aromatic carbocycles. The Balaban J connectivity index is 1.37. The smallest absolute Gasteiger partial charge is 0.154 e. The van der Waals surface area contributed by atoms with Crippen LogP contribution in [0.3, 0.4) is 0 Å². The van der Waals surface area contributed by atoms with Crippen molar-refractivity contribution in [1.29, 1.82) is 0 Å². The predicted molar refractivity (Wildman–Crippen MR) is 175 cm³/mol. The monoisotopic (exact) mass is 572 g/mol. The topological polar surface area (TPSA) is 59.3 Å². The van der Waals surface area contributed by atoms with Crippen LogP contribution in [0.2, 0.25) is 0 Å². The lowest BCUT2D eigenvalue weighted by molar-refractivity contribution is 0.479. The fourth-order valence-electron chi connectivity index (χ4n) is 5.66. The average Bonchev–Trinajstić information content (AvgIpc) is 3.62. The third-order valence-corrected chi connectivity index (χ3v) is 8.04. The average molecular weight is 573 g/mol. The summed E-state index contributed by atoms with van der Waals surface area (Å²) in [5.41, 5.74) is 9.26. The number of nitrogens with zero attached hydrogens (tertiary/aromatic N) is 6. The Morgan fingerprint density at radius 1 is 0.767 bits per heavy atom. The van der Waals surface area contributed by atoms with Crippen LogP contribution >= 0.6 is 0 Å². The Labute approximate surface area is 254 Å². The van der Waals surface area contributed by atoms with Gasteiger partial charge in [0.05, 0.1) is 24.6 Å². The first-order valence-corrected chi connectivity index (χ1v) is 15.1. The summed E-state index contributed by atoms with van der Waals surface area (Å²) in [5, 5.41) is 4.69. The summed E-state index contributed by atoms with van der Waals surface area (Å²) < 4.78 is 8.15. The van der Waals surface area contributed by atoms with Gasteiger partial charge < -0.3 is 14.5 Å². The van der Waals surface area contributed by atoms with Crippen LogP contribution in [-0.4, -0.2) is 38.4 Å². The molecule has 43 heavy (non-hydrogen) atoms. The highest BCUT2D eigenvalue weighted by Gasteiger charge is 2.20. The summed E-state index contributed by atoms with van der Waals surface area (Å²) in [6, 6.07) is 19.1. The van der Waals surface area contributed by atoms with E-state index in [9.17, 15) is 0 Å². The Bertz CT molecular complexity index is 1770. The summed E-state index contributed by atoms with van der Waals surface area (Å²) in [5.74, 6) is 3.38. The van der Waals surface area contributed by atoms with Gasteiger partial charge in [-0.25, -0.2) is 14.6 Å². The van der Waals surface area contributed by atoms with Crippen LogP contribution in [0, 0.1) is 0 Å². The number of aromatic nitrogens is 4. The molecule has 0 fully saturated rings. The van der Waals surface area contributed by atoms with Crippen LogP contribution in [-0.2, 0) is 0 Å². The third kappa shape index (κ3) is 5.72. The van der Waals surface area contributed by atoms with Gasteiger partial charge in [-0.15, -0.1) is 0 Å². The second-order valence-electron chi connectivity index (χ2n) is 12.3. The first kappa shape index (κ1) is 28.5. The van der Waals surface area contributed by atoms with Gasteiger partial charge in [0.2, 0.25) is 0 Å². The predicted octanol–water partition coefficient (Wildman–Crippen LogP) is 8.83. The van der Waals surface area contributed by atoms with E-state index in [0.717, 1.165) is 40.5 Å². The zero-order chi connectivity index (χ0) is 30.2. The molecule has 7 nitrogen and oxygen atoms in total. The molecule has 1 aliphatic heterocycles. The van der Waals surface area contributed by atoms with Crippen LogP contribution in [0.5, 0.6) is 11.5 Å². The first-order valence-electron chi connectivity index (χ1n) is 15.1. The number of hydrogen-bond donors (Lipinski definition) is 0. The van der Waals surface area contributed by atoms with Crippen molar-refractivity contribution in [2.75, 3.05) is 18.6 Å². The number of ether oxygens (including phenoxy) is 1. The molecule has 0 radical (unpaired) electrons. The van der Waals surface area contributed by atoms with Crippen LogP contribution in [0.1, 0.15) is 76.0 Å². The minimum absolute atomic E-state index is 0.387. The maximum Gasteiger partial charge on any atom is 0.154 e. The fourth-order valence-corrected chi connectivity index (χ4v) is 5.66. The molecular formula is C36H40N6O. The van der Waals surface area contributed by atoms with Crippen LogP contribution in [0.15, 0.2) is 85.6 Å². The Kier molecular flexibility index (Phi) is 7.65. The number of anilines is 1. The molecule has 220 valence electrons. The van der Waals surface area contributed by atoms with E-state index in [4.69, 9.17) is 14.8 Å². The molecule has 5 aromatic rings. The van der Waals surface area contributed by atoms with Gasteiger partial charge in [0.25, 0.3) is 0 Å². The van der Waals surface area contributed by atoms with E-state index < -0.39 is 0 Å². The van der Waals surface area contributed by atoms with Gasteiger partial charge in [0.1, 0.15) is 17.0 Å². The first-order chi connectivity index (χ1) is 20.7. The lowest BCUT2D eigenvalue weighted by atomic mass is 9.82. The summed E-state index contributed by atoms with van der Waals surface area (Å²) in [6.07, 6.45) is 9.53. The van der Waals surface area contributed by atoms with E-state index in [1.54, 1.807) is 12.4 Å². The van der Waals surface area contributed by atoms with Crippen molar-refractivity contribution < 1.29 is 4.74 Å². The number of rotatable bonds is 8. The molecule has 0 unspecified atom stereocenters. The maximum atomic E-state index is 6.29. The van der Waals surface area contributed by atoms with E-state index in [2.05, 4.69) is 106 Å². The van der Waals surface area contributed by atoms with Gasteiger partial charge in [0, 0.05) is 43.5 Å². The van der Waals surface area contributed by atoms with Crippen molar-refractivity contribution in [2.45, 2.75) is 59.3 Å². The SMILES string of the molecule is CC(C)c1cc(C(C)C)c(-c2ccnc(-n3ncc4ncc(Oc5cccc(N6C=CN(C)C6)c5)cc43)c2)c(C(C)C)c1. The highest BCUT2D eigenvalue weighted by molar-refractivity contribution is 5.79. The van der Waals surface area contributed by atoms with Gasteiger partial charge in [-0.05, 0) is 69.8 Å². The van der Waals surface area contributed by atoms with Crippen molar-refractivity contribution in [3.63, 3.8) is 0 Å². The summed E-state index contributed by atoms with van der Waals surface area (Å²) in [4.78, 5) is 13.7. The van der Waals surface area contributed by atoms with E-state index in [1.165, 1.54) is 22.3 Å². The van der Waals surface area contributed by atoms with Crippen LogP contribution in [0.4, 0.5) is 5.69 Å². The molecule has 0 bridgehead atoms. The zero-order valence-corrected chi connectivity index (χ0v) is 26.1. The second-order valence-corrected chi connectivity index (χ2v) is 12.3. The van der Waals surface area contributed by atoms with E-state index in [0.29, 0.717) is 23.5 Å². The van der Waals surface area contributed by atoms with Gasteiger partial charge in [-0.2, -0.15) is 5.10 Å². The summed E-state index contributed by atoms with van der Waals surface area (Å²) in [7, 11) is 2.06. The van der Waals surface area contributed by atoms with Gasteiger partial charge in [-0.3, -0.25) is 0 Å². The molecule has 0 saturated heterocycles. The molecule has 0 amide bonds. The molecule has 0 atom stereocenters.